The minimum absolute atomic E-state index is 0.0677. The third-order valence-corrected chi connectivity index (χ3v) is 6.94. The van der Waals surface area contributed by atoms with Crippen molar-refractivity contribution in [3.8, 4) is 11.5 Å². The van der Waals surface area contributed by atoms with E-state index < -0.39 is 11.6 Å². The van der Waals surface area contributed by atoms with Crippen molar-refractivity contribution in [1.29, 1.82) is 0 Å². The maximum atomic E-state index is 15.1. The molecule has 0 unspecified atom stereocenters. The summed E-state index contributed by atoms with van der Waals surface area (Å²) in [5.74, 6) is -1.96. The highest BCUT2D eigenvalue weighted by Crippen LogP contribution is 2.31. The number of carbonyl (C=O) groups excluding carboxylic acids is 3. The third kappa shape index (κ3) is 5.90. The molecular formula is C30H30FN5O5. The van der Waals surface area contributed by atoms with Gasteiger partial charge in [-0.25, -0.2) is 4.39 Å². The van der Waals surface area contributed by atoms with E-state index in [1.54, 1.807) is 18.3 Å². The normalized spacial score (nSPS) is 16.4. The standard InChI is InChI=1S/C30H30FN5O5/c1-3-12-41-24-10-11-25(40-2)27(31)26(24)28(37)17-4-6-18(7-5-17)29(38)34-22-15-32-16-23(22)35-30(39)19-8-9-20-14-33-36-21(20)13-19/h4-11,13-14,22-23,32H,3,12,15-16H2,1-2H3,(H,33,36)(H,34,38)(H,35,39)/t22-,23-/m0/s1. The third-order valence-electron chi connectivity index (χ3n) is 6.94. The largest absolute Gasteiger partial charge is 0.494 e. The van der Waals surface area contributed by atoms with Crippen molar-refractivity contribution >= 4 is 28.5 Å². The van der Waals surface area contributed by atoms with E-state index in [0.29, 0.717) is 37.2 Å². The van der Waals surface area contributed by atoms with Crippen LogP contribution in [0.15, 0.2) is 60.8 Å². The molecular weight excluding hydrogens is 529 g/mol. The second-order valence-electron chi connectivity index (χ2n) is 9.70. The van der Waals surface area contributed by atoms with Crippen LogP contribution >= 0.6 is 0 Å². The van der Waals surface area contributed by atoms with Gasteiger partial charge in [0.2, 0.25) is 0 Å². The highest BCUT2D eigenvalue weighted by atomic mass is 19.1. The first-order chi connectivity index (χ1) is 19.9. The van der Waals surface area contributed by atoms with Gasteiger partial charge in [-0.05, 0) is 42.8 Å². The van der Waals surface area contributed by atoms with Crippen LogP contribution in [-0.2, 0) is 0 Å². The second-order valence-corrected chi connectivity index (χ2v) is 9.70. The van der Waals surface area contributed by atoms with Crippen LogP contribution in [0.5, 0.6) is 11.5 Å². The molecule has 3 aromatic carbocycles. The minimum atomic E-state index is -0.806. The Hall–Kier alpha value is -4.77. The van der Waals surface area contributed by atoms with E-state index >= 15 is 4.39 Å². The summed E-state index contributed by atoms with van der Waals surface area (Å²) < 4.78 is 25.7. The van der Waals surface area contributed by atoms with Crippen molar-refractivity contribution in [3.05, 3.63) is 88.9 Å². The van der Waals surface area contributed by atoms with Gasteiger partial charge in [0.05, 0.1) is 37.5 Å². The summed E-state index contributed by atoms with van der Waals surface area (Å²) in [5.41, 5.74) is 1.52. The molecule has 4 N–H and O–H groups in total. The monoisotopic (exact) mass is 559 g/mol. The predicted octanol–water partition coefficient (Wildman–Crippen LogP) is 3.23. The lowest BCUT2D eigenvalue weighted by Gasteiger charge is -2.21. The van der Waals surface area contributed by atoms with Gasteiger partial charge in [0.25, 0.3) is 11.8 Å². The number of H-pyrrole nitrogens is 1. The molecule has 2 atom stereocenters. The first-order valence-corrected chi connectivity index (χ1v) is 13.3. The van der Waals surface area contributed by atoms with Gasteiger partial charge < -0.3 is 25.4 Å². The lowest BCUT2D eigenvalue weighted by atomic mass is 10.00. The zero-order valence-electron chi connectivity index (χ0n) is 22.6. The smallest absolute Gasteiger partial charge is 0.251 e. The summed E-state index contributed by atoms with van der Waals surface area (Å²) in [6.45, 7) is 3.19. The SMILES string of the molecule is CCCOc1ccc(OC)c(F)c1C(=O)c1ccc(C(=O)N[C@H]2CNC[C@@H]2NC(=O)c2ccc3cn[nH]c3c2)cc1. The quantitative estimate of drug-likeness (QED) is 0.219. The molecule has 0 bridgehead atoms. The van der Waals surface area contributed by atoms with Gasteiger partial charge in [0.1, 0.15) is 11.3 Å². The van der Waals surface area contributed by atoms with E-state index in [-0.39, 0.29) is 46.5 Å². The number of fused-ring (bicyclic) bond motifs is 1. The number of amides is 2. The maximum absolute atomic E-state index is 15.1. The molecule has 10 nitrogen and oxygen atoms in total. The summed E-state index contributed by atoms with van der Waals surface area (Å²) in [4.78, 5) is 39.2. The lowest BCUT2D eigenvalue weighted by Crippen LogP contribution is -2.51. The summed E-state index contributed by atoms with van der Waals surface area (Å²) in [6, 6.07) is 13.4. The fraction of sp³-hybridized carbons (Fsp3) is 0.267. The fourth-order valence-corrected chi connectivity index (χ4v) is 4.72. The van der Waals surface area contributed by atoms with Crippen LogP contribution in [0, 0.1) is 5.82 Å². The molecule has 5 rings (SSSR count). The summed E-state index contributed by atoms with van der Waals surface area (Å²) in [6.07, 6.45) is 2.37. The molecule has 0 radical (unpaired) electrons. The van der Waals surface area contributed by atoms with Gasteiger partial charge in [-0.2, -0.15) is 5.10 Å². The topological polar surface area (TPSA) is 134 Å². The molecule has 4 aromatic rings. The van der Waals surface area contributed by atoms with Crippen LogP contribution < -0.4 is 25.4 Å². The van der Waals surface area contributed by atoms with Crippen molar-refractivity contribution in [3.63, 3.8) is 0 Å². The molecule has 1 aromatic heterocycles. The zero-order valence-corrected chi connectivity index (χ0v) is 22.6. The number of aromatic amines is 1. The average molecular weight is 560 g/mol. The first-order valence-electron chi connectivity index (χ1n) is 13.3. The predicted molar refractivity (Wildman–Crippen MR) is 150 cm³/mol. The van der Waals surface area contributed by atoms with Gasteiger partial charge in [-0.3, -0.25) is 19.5 Å². The summed E-state index contributed by atoms with van der Waals surface area (Å²) in [5, 5.41) is 16.9. The molecule has 11 heteroatoms. The van der Waals surface area contributed by atoms with Crippen molar-refractivity contribution in [1.82, 2.24) is 26.1 Å². The second kappa shape index (κ2) is 12.2. The van der Waals surface area contributed by atoms with E-state index in [1.807, 2.05) is 13.0 Å². The molecule has 212 valence electrons. The number of halogens is 1. The number of ether oxygens (including phenoxy) is 2. The molecule has 1 aliphatic rings. The number of hydrogen-bond acceptors (Lipinski definition) is 7. The van der Waals surface area contributed by atoms with E-state index in [0.717, 1.165) is 10.9 Å². The van der Waals surface area contributed by atoms with Gasteiger partial charge in [-0.1, -0.05) is 25.1 Å². The fourth-order valence-electron chi connectivity index (χ4n) is 4.72. The number of carbonyl (C=O) groups is 3. The summed E-state index contributed by atoms with van der Waals surface area (Å²) >= 11 is 0. The van der Waals surface area contributed by atoms with E-state index in [4.69, 9.17) is 9.47 Å². The van der Waals surface area contributed by atoms with Crippen molar-refractivity contribution < 1.29 is 28.2 Å². The maximum Gasteiger partial charge on any atom is 0.251 e. The highest BCUT2D eigenvalue weighted by Gasteiger charge is 2.30. The average Bonchev–Trinajstić information content (AvgIpc) is 3.64. The Morgan fingerprint density at radius 2 is 1.56 bits per heavy atom. The molecule has 0 spiro atoms. The van der Waals surface area contributed by atoms with E-state index in [2.05, 4.69) is 26.1 Å². The van der Waals surface area contributed by atoms with Crippen LogP contribution in [0.25, 0.3) is 10.9 Å². The Kier molecular flexibility index (Phi) is 8.25. The number of ketones is 1. The summed E-state index contributed by atoms with van der Waals surface area (Å²) in [7, 11) is 1.32. The lowest BCUT2D eigenvalue weighted by molar-refractivity contribution is 0.0896. The van der Waals surface area contributed by atoms with E-state index in [9.17, 15) is 14.4 Å². The molecule has 1 saturated heterocycles. The van der Waals surface area contributed by atoms with Crippen LogP contribution in [0.2, 0.25) is 0 Å². The van der Waals surface area contributed by atoms with Crippen LogP contribution in [0.4, 0.5) is 4.39 Å². The van der Waals surface area contributed by atoms with Gasteiger partial charge in [-0.15, -0.1) is 0 Å². The number of aromatic nitrogens is 2. The Bertz CT molecular complexity index is 1590. The van der Waals surface area contributed by atoms with Crippen LogP contribution in [-0.4, -0.2) is 66.7 Å². The Balaban J connectivity index is 1.26. The number of nitrogens with zero attached hydrogens (tertiary/aromatic N) is 1. The molecule has 0 saturated carbocycles. The first kappa shape index (κ1) is 27.8. The number of hydrogen-bond donors (Lipinski definition) is 4. The Morgan fingerprint density at radius 1 is 0.927 bits per heavy atom. The highest BCUT2D eigenvalue weighted by molar-refractivity contribution is 6.11. The number of methoxy groups -OCH3 is 1. The van der Waals surface area contributed by atoms with Crippen molar-refractivity contribution in [2.24, 2.45) is 0 Å². The Morgan fingerprint density at radius 3 is 2.24 bits per heavy atom. The van der Waals surface area contributed by atoms with Gasteiger partial charge >= 0.3 is 0 Å². The van der Waals surface area contributed by atoms with Gasteiger partial charge in [0, 0.05) is 35.2 Å². The van der Waals surface area contributed by atoms with Crippen molar-refractivity contribution in [2.75, 3.05) is 26.8 Å². The molecule has 1 fully saturated rings. The zero-order chi connectivity index (χ0) is 28.9. The Labute approximate surface area is 235 Å². The molecule has 2 amide bonds. The number of benzene rings is 3. The number of rotatable bonds is 10. The van der Waals surface area contributed by atoms with E-state index in [1.165, 1.54) is 43.5 Å². The minimum Gasteiger partial charge on any atom is -0.494 e. The molecule has 41 heavy (non-hydrogen) atoms. The molecule has 2 heterocycles. The van der Waals surface area contributed by atoms with Crippen molar-refractivity contribution in [2.45, 2.75) is 25.4 Å². The van der Waals surface area contributed by atoms with Gasteiger partial charge in [0.15, 0.2) is 17.3 Å². The molecule has 1 aliphatic heterocycles. The number of nitrogens with one attached hydrogen (secondary N) is 4. The van der Waals surface area contributed by atoms with Crippen LogP contribution in [0.3, 0.4) is 0 Å². The molecule has 0 aliphatic carbocycles. The van der Waals surface area contributed by atoms with Crippen LogP contribution in [0.1, 0.15) is 50.0 Å².